The third-order valence-electron chi connectivity index (χ3n) is 2.33. The molecule has 0 unspecified atom stereocenters. The summed E-state index contributed by atoms with van der Waals surface area (Å²) < 4.78 is 15.3. The molecule has 2 N–H and O–H groups in total. The number of nitrogens with two attached hydrogens (primary N) is 1. The van der Waals surface area contributed by atoms with Gasteiger partial charge in [-0.3, -0.25) is 0 Å². The van der Waals surface area contributed by atoms with Crippen LogP contribution in [0.15, 0.2) is 29.7 Å². The molecule has 19 heavy (non-hydrogen) atoms. The molecular weight excluding hydrogens is 263 g/mol. The summed E-state index contributed by atoms with van der Waals surface area (Å²) in [5, 5.41) is 8.55. The number of benzene rings is 1. The highest BCUT2D eigenvalue weighted by Gasteiger charge is 2.04. The van der Waals surface area contributed by atoms with Crippen LogP contribution in [0.4, 0.5) is 4.39 Å². The SMILES string of the molecule is Cn1cnnc1SCc1cc(F)cc(C#CCN)c1. The molecule has 98 valence electrons. The van der Waals surface area contributed by atoms with E-state index < -0.39 is 0 Å². The second-order valence-electron chi connectivity index (χ2n) is 3.87. The minimum atomic E-state index is -0.294. The van der Waals surface area contributed by atoms with Crippen molar-refractivity contribution in [1.29, 1.82) is 0 Å². The first-order chi connectivity index (χ1) is 9.19. The Kier molecular flexibility index (Phi) is 4.55. The Bertz CT molecular complexity index is 627. The van der Waals surface area contributed by atoms with Crippen molar-refractivity contribution in [3.8, 4) is 11.8 Å². The van der Waals surface area contributed by atoms with E-state index in [1.165, 1.54) is 23.9 Å². The normalized spacial score (nSPS) is 10.1. The molecule has 0 saturated heterocycles. The van der Waals surface area contributed by atoms with Crippen LogP contribution in [-0.4, -0.2) is 21.3 Å². The van der Waals surface area contributed by atoms with Crippen molar-refractivity contribution in [2.24, 2.45) is 12.8 Å². The molecule has 0 amide bonds. The molecule has 0 aliphatic carbocycles. The van der Waals surface area contributed by atoms with Gasteiger partial charge >= 0.3 is 0 Å². The molecule has 1 aromatic carbocycles. The van der Waals surface area contributed by atoms with Crippen LogP contribution < -0.4 is 5.73 Å². The molecule has 2 aromatic rings. The van der Waals surface area contributed by atoms with Gasteiger partial charge in [0.1, 0.15) is 12.1 Å². The highest BCUT2D eigenvalue weighted by molar-refractivity contribution is 7.98. The maximum atomic E-state index is 13.5. The van der Waals surface area contributed by atoms with Crippen LogP contribution in [0.25, 0.3) is 0 Å². The van der Waals surface area contributed by atoms with Crippen LogP contribution in [-0.2, 0) is 12.8 Å². The third-order valence-corrected chi connectivity index (χ3v) is 3.44. The summed E-state index contributed by atoms with van der Waals surface area (Å²) in [7, 11) is 1.87. The van der Waals surface area contributed by atoms with E-state index in [1.54, 1.807) is 6.33 Å². The average Bonchev–Trinajstić information content (AvgIpc) is 2.79. The predicted octanol–water partition coefficient (Wildman–Crippen LogP) is 1.56. The van der Waals surface area contributed by atoms with E-state index in [4.69, 9.17) is 5.73 Å². The van der Waals surface area contributed by atoms with Gasteiger partial charge in [-0.1, -0.05) is 23.6 Å². The lowest BCUT2D eigenvalue weighted by atomic mass is 10.1. The second kappa shape index (κ2) is 6.36. The van der Waals surface area contributed by atoms with Gasteiger partial charge in [0.15, 0.2) is 5.16 Å². The van der Waals surface area contributed by atoms with Crippen LogP contribution in [0, 0.1) is 17.7 Å². The summed E-state index contributed by atoms with van der Waals surface area (Å²) >= 11 is 1.50. The first-order valence-electron chi connectivity index (χ1n) is 5.64. The largest absolute Gasteiger partial charge is 0.320 e. The molecule has 1 heterocycles. The van der Waals surface area contributed by atoms with E-state index in [-0.39, 0.29) is 12.4 Å². The molecule has 0 aliphatic rings. The molecular formula is C13H13FN4S. The molecule has 0 saturated carbocycles. The number of thioether (sulfide) groups is 1. The third kappa shape index (κ3) is 3.81. The summed E-state index contributed by atoms with van der Waals surface area (Å²) in [5.74, 6) is 5.87. The Morgan fingerprint density at radius 1 is 1.42 bits per heavy atom. The first kappa shape index (κ1) is 13.6. The van der Waals surface area contributed by atoms with Gasteiger partial charge < -0.3 is 10.3 Å². The summed E-state index contributed by atoms with van der Waals surface area (Å²) in [6.07, 6.45) is 1.63. The zero-order valence-corrected chi connectivity index (χ0v) is 11.2. The molecule has 0 fully saturated rings. The van der Waals surface area contributed by atoms with E-state index in [9.17, 15) is 4.39 Å². The number of hydrogen-bond donors (Lipinski definition) is 1. The summed E-state index contributed by atoms with van der Waals surface area (Å²) in [6, 6.07) is 4.76. The van der Waals surface area contributed by atoms with Gasteiger partial charge in [-0.2, -0.15) is 0 Å². The number of rotatable bonds is 3. The highest BCUT2D eigenvalue weighted by Crippen LogP contribution is 2.21. The van der Waals surface area contributed by atoms with Gasteiger partial charge in [0.05, 0.1) is 6.54 Å². The van der Waals surface area contributed by atoms with Crippen molar-refractivity contribution >= 4 is 11.8 Å². The topological polar surface area (TPSA) is 56.7 Å². The lowest BCUT2D eigenvalue weighted by molar-refractivity contribution is 0.626. The minimum Gasteiger partial charge on any atom is -0.320 e. The van der Waals surface area contributed by atoms with E-state index >= 15 is 0 Å². The molecule has 0 spiro atoms. The van der Waals surface area contributed by atoms with Crippen molar-refractivity contribution in [2.75, 3.05) is 6.54 Å². The number of aromatic nitrogens is 3. The molecule has 4 nitrogen and oxygen atoms in total. The smallest absolute Gasteiger partial charge is 0.191 e. The van der Waals surface area contributed by atoms with Crippen LogP contribution in [0.2, 0.25) is 0 Å². The number of hydrogen-bond acceptors (Lipinski definition) is 4. The van der Waals surface area contributed by atoms with Crippen molar-refractivity contribution in [1.82, 2.24) is 14.8 Å². The zero-order valence-electron chi connectivity index (χ0n) is 10.4. The van der Waals surface area contributed by atoms with Gasteiger partial charge in [-0.05, 0) is 23.8 Å². The van der Waals surface area contributed by atoms with Crippen LogP contribution >= 0.6 is 11.8 Å². The second-order valence-corrected chi connectivity index (χ2v) is 4.81. The van der Waals surface area contributed by atoms with E-state index in [0.717, 1.165) is 10.7 Å². The Labute approximate surface area is 115 Å². The predicted molar refractivity (Wildman–Crippen MR) is 72.9 cm³/mol. The van der Waals surface area contributed by atoms with Gasteiger partial charge in [0.2, 0.25) is 0 Å². The lowest BCUT2D eigenvalue weighted by Gasteiger charge is -2.02. The quantitative estimate of drug-likeness (QED) is 0.683. The Morgan fingerprint density at radius 3 is 2.95 bits per heavy atom. The monoisotopic (exact) mass is 276 g/mol. The van der Waals surface area contributed by atoms with Crippen LogP contribution in [0.1, 0.15) is 11.1 Å². The van der Waals surface area contributed by atoms with E-state index in [0.29, 0.717) is 11.3 Å². The summed E-state index contributed by atoms with van der Waals surface area (Å²) in [5.41, 5.74) is 6.80. The molecule has 0 radical (unpaired) electrons. The highest BCUT2D eigenvalue weighted by atomic mass is 32.2. The summed E-state index contributed by atoms with van der Waals surface area (Å²) in [6.45, 7) is 0.263. The number of halogens is 1. The Hall–Kier alpha value is -1.84. The fraction of sp³-hybridized carbons (Fsp3) is 0.231. The molecule has 0 atom stereocenters. The van der Waals surface area contributed by atoms with Gasteiger partial charge in [-0.25, -0.2) is 4.39 Å². The molecule has 1 aromatic heterocycles. The fourth-order valence-electron chi connectivity index (χ4n) is 1.51. The number of aryl methyl sites for hydroxylation is 1. The van der Waals surface area contributed by atoms with Gasteiger partial charge in [-0.15, -0.1) is 10.2 Å². The van der Waals surface area contributed by atoms with Crippen LogP contribution in [0.3, 0.4) is 0 Å². The maximum Gasteiger partial charge on any atom is 0.191 e. The fourth-order valence-corrected chi connectivity index (χ4v) is 2.33. The van der Waals surface area contributed by atoms with Crippen molar-refractivity contribution in [2.45, 2.75) is 10.9 Å². The Morgan fingerprint density at radius 2 is 2.26 bits per heavy atom. The lowest BCUT2D eigenvalue weighted by Crippen LogP contribution is -1.94. The van der Waals surface area contributed by atoms with E-state index in [2.05, 4.69) is 22.0 Å². The molecule has 2 rings (SSSR count). The average molecular weight is 276 g/mol. The zero-order chi connectivity index (χ0) is 13.7. The molecule has 6 heteroatoms. The van der Waals surface area contributed by atoms with Gasteiger partial charge in [0.25, 0.3) is 0 Å². The molecule has 0 aliphatic heterocycles. The van der Waals surface area contributed by atoms with Gasteiger partial charge in [0, 0.05) is 18.4 Å². The van der Waals surface area contributed by atoms with Crippen LogP contribution in [0.5, 0.6) is 0 Å². The standard InChI is InChI=1S/C13H13FN4S/c1-18-9-16-17-13(18)19-8-11-5-10(3-2-4-15)6-12(14)7-11/h5-7,9H,4,8,15H2,1H3. The van der Waals surface area contributed by atoms with E-state index in [1.807, 2.05) is 17.7 Å². The number of nitrogens with zero attached hydrogens (tertiary/aromatic N) is 3. The van der Waals surface area contributed by atoms with Crippen molar-refractivity contribution in [3.05, 3.63) is 41.5 Å². The molecule has 0 bridgehead atoms. The van der Waals surface area contributed by atoms with Crippen molar-refractivity contribution < 1.29 is 4.39 Å². The maximum absolute atomic E-state index is 13.5. The minimum absolute atomic E-state index is 0.263. The van der Waals surface area contributed by atoms with Crippen molar-refractivity contribution in [3.63, 3.8) is 0 Å². The Balaban J connectivity index is 2.12. The first-order valence-corrected chi connectivity index (χ1v) is 6.63. The summed E-state index contributed by atoms with van der Waals surface area (Å²) in [4.78, 5) is 0.